The Hall–Kier alpha value is -2.49. The van der Waals surface area contributed by atoms with Crippen molar-refractivity contribution in [2.24, 2.45) is 5.10 Å². The molecule has 0 bridgehead atoms. The Morgan fingerprint density at radius 3 is 2.59 bits per heavy atom. The molecule has 32 heavy (non-hydrogen) atoms. The Morgan fingerprint density at radius 2 is 1.88 bits per heavy atom. The third-order valence-electron chi connectivity index (χ3n) is 4.28. The maximum Gasteiger partial charge on any atom is 0.259 e. The van der Waals surface area contributed by atoms with Crippen LogP contribution in [0.15, 0.2) is 65.8 Å². The van der Waals surface area contributed by atoms with E-state index in [0.717, 1.165) is 20.4 Å². The Morgan fingerprint density at radius 1 is 1.12 bits per heavy atom. The summed E-state index contributed by atoms with van der Waals surface area (Å²) in [5.74, 6) is 0.889. The smallest absolute Gasteiger partial charge is 0.259 e. The van der Waals surface area contributed by atoms with Crippen molar-refractivity contribution in [3.05, 3.63) is 85.4 Å². The van der Waals surface area contributed by atoms with Crippen molar-refractivity contribution in [2.75, 3.05) is 19.0 Å². The van der Waals surface area contributed by atoms with Crippen LogP contribution >= 0.6 is 45.8 Å². The number of hydrogen-bond acceptors (Lipinski definition) is 5. The number of halogens is 3. The second-order valence-electron chi connectivity index (χ2n) is 6.57. The van der Waals surface area contributed by atoms with Crippen LogP contribution in [0.2, 0.25) is 10.0 Å². The molecular formula is C23H20Cl2IN3O3. The van der Waals surface area contributed by atoms with Gasteiger partial charge in [-0.2, -0.15) is 5.10 Å². The summed E-state index contributed by atoms with van der Waals surface area (Å²) in [6.07, 6.45) is 1.54. The summed E-state index contributed by atoms with van der Waals surface area (Å²) in [7, 11) is 1.57. The number of nitrogens with zero attached hydrogens (tertiary/aromatic N) is 1. The molecule has 0 fully saturated rings. The lowest BCUT2D eigenvalue weighted by Gasteiger charge is -2.14. The summed E-state index contributed by atoms with van der Waals surface area (Å²) in [6.45, 7) is 0.394. The third-order valence-corrected chi connectivity index (χ3v) is 5.70. The van der Waals surface area contributed by atoms with Crippen molar-refractivity contribution in [3.63, 3.8) is 0 Å². The molecule has 0 saturated carbocycles. The van der Waals surface area contributed by atoms with E-state index in [0.29, 0.717) is 28.2 Å². The second kappa shape index (κ2) is 11.9. The number of rotatable bonds is 9. The van der Waals surface area contributed by atoms with Gasteiger partial charge in [-0.1, -0.05) is 41.4 Å². The number of methoxy groups -OCH3 is 1. The van der Waals surface area contributed by atoms with Gasteiger partial charge in [-0.3, -0.25) is 4.79 Å². The fraction of sp³-hybridized carbons (Fsp3) is 0.130. The minimum absolute atomic E-state index is 0.0780. The molecule has 3 rings (SSSR count). The zero-order valence-corrected chi connectivity index (χ0v) is 20.7. The van der Waals surface area contributed by atoms with Crippen molar-refractivity contribution in [2.45, 2.75) is 6.61 Å². The molecule has 0 radical (unpaired) electrons. The first kappa shape index (κ1) is 24.2. The van der Waals surface area contributed by atoms with Gasteiger partial charge in [0.1, 0.15) is 6.61 Å². The van der Waals surface area contributed by atoms with Gasteiger partial charge in [0.15, 0.2) is 11.5 Å². The molecule has 0 saturated heterocycles. The number of hydrogen-bond donors (Lipinski definition) is 2. The highest BCUT2D eigenvalue weighted by Gasteiger charge is 2.12. The fourth-order valence-electron chi connectivity index (χ4n) is 2.69. The molecule has 0 aromatic heterocycles. The standard InChI is InChI=1S/C23H20Cl2IN3O3/c1-31-21-11-15(10-20(26)23(21)32-14-16-4-2-3-5-19(16)25)12-28-29-22(30)13-27-18-8-6-17(24)7-9-18/h2-12,27H,13-14H2,1H3,(H,29,30)/b28-12-. The summed E-state index contributed by atoms with van der Waals surface area (Å²) in [6, 6.07) is 18.3. The Kier molecular flexibility index (Phi) is 9.01. The van der Waals surface area contributed by atoms with Gasteiger partial charge in [0.05, 0.1) is 23.4 Å². The van der Waals surface area contributed by atoms with Crippen LogP contribution < -0.4 is 20.2 Å². The van der Waals surface area contributed by atoms with Crippen LogP contribution in [0.3, 0.4) is 0 Å². The molecule has 3 aromatic carbocycles. The summed E-state index contributed by atoms with van der Waals surface area (Å²) in [4.78, 5) is 12.0. The van der Waals surface area contributed by atoms with Crippen molar-refractivity contribution >= 4 is 63.6 Å². The molecule has 2 N–H and O–H groups in total. The van der Waals surface area contributed by atoms with Crippen LogP contribution in [0.4, 0.5) is 5.69 Å². The molecule has 0 heterocycles. The topological polar surface area (TPSA) is 72.0 Å². The van der Waals surface area contributed by atoms with Gasteiger partial charge in [0.2, 0.25) is 0 Å². The minimum atomic E-state index is -0.280. The van der Waals surface area contributed by atoms with E-state index in [1.165, 1.54) is 0 Å². The predicted octanol–water partition coefficient (Wildman–Crippen LogP) is 5.75. The normalized spacial score (nSPS) is 10.8. The van der Waals surface area contributed by atoms with Crippen LogP contribution in [-0.4, -0.2) is 25.8 Å². The SMILES string of the molecule is COc1cc(/C=N\NC(=O)CNc2ccc(Cl)cc2)cc(I)c1OCc1ccccc1Cl. The van der Waals surface area contributed by atoms with Gasteiger partial charge >= 0.3 is 0 Å². The molecule has 0 atom stereocenters. The molecule has 1 amide bonds. The Bertz CT molecular complexity index is 1110. The highest BCUT2D eigenvalue weighted by molar-refractivity contribution is 14.1. The summed E-state index contributed by atoms with van der Waals surface area (Å²) in [5.41, 5.74) is 4.92. The van der Waals surface area contributed by atoms with Crippen LogP contribution in [-0.2, 0) is 11.4 Å². The molecule has 3 aromatic rings. The van der Waals surface area contributed by atoms with Crippen LogP contribution in [0, 0.1) is 3.57 Å². The van der Waals surface area contributed by atoms with Crippen LogP contribution in [0.1, 0.15) is 11.1 Å². The number of amides is 1. The summed E-state index contributed by atoms with van der Waals surface area (Å²) in [5, 5.41) is 8.29. The quantitative estimate of drug-likeness (QED) is 0.191. The maximum atomic E-state index is 12.0. The predicted molar refractivity (Wildman–Crippen MR) is 137 cm³/mol. The first-order valence-electron chi connectivity index (χ1n) is 9.51. The Balaban J connectivity index is 1.58. The highest BCUT2D eigenvalue weighted by atomic mass is 127. The van der Waals surface area contributed by atoms with Gasteiger partial charge < -0.3 is 14.8 Å². The van der Waals surface area contributed by atoms with Gasteiger partial charge in [0, 0.05) is 21.3 Å². The molecule has 166 valence electrons. The van der Waals surface area contributed by atoms with E-state index in [-0.39, 0.29) is 12.5 Å². The van der Waals surface area contributed by atoms with E-state index in [4.69, 9.17) is 32.7 Å². The van der Waals surface area contributed by atoms with Gasteiger partial charge in [-0.05, 0) is 70.6 Å². The first-order chi connectivity index (χ1) is 15.5. The number of carbonyl (C=O) groups excluding carboxylic acids is 1. The second-order valence-corrected chi connectivity index (χ2v) is 8.57. The summed E-state index contributed by atoms with van der Waals surface area (Å²) < 4.78 is 12.3. The van der Waals surface area contributed by atoms with E-state index < -0.39 is 0 Å². The number of carbonyl (C=O) groups is 1. The molecular weight excluding hydrogens is 564 g/mol. The molecule has 0 aliphatic carbocycles. The van der Waals surface area contributed by atoms with Crippen molar-refractivity contribution < 1.29 is 14.3 Å². The number of nitrogens with one attached hydrogen (secondary N) is 2. The molecule has 0 aliphatic heterocycles. The number of benzene rings is 3. The highest BCUT2D eigenvalue weighted by Crippen LogP contribution is 2.34. The van der Waals surface area contributed by atoms with Crippen molar-refractivity contribution in [3.8, 4) is 11.5 Å². The average Bonchev–Trinajstić information content (AvgIpc) is 2.78. The zero-order chi connectivity index (χ0) is 22.9. The van der Waals surface area contributed by atoms with E-state index in [9.17, 15) is 4.79 Å². The molecule has 9 heteroatoms. The largest absolute Gasteiger partial charge is 0.493 e. The maximum absolute atomic E-state index is 12.0. The lowest BCUT2D eigenvalue weighted by molar-refractivity contribution is -0.119. The lowest BCUT2D eigenvalue weighted by atomic mass is 10.2. The van der Waals surface area contributed by atoms with E-state index in [1.54, 1.807) is 43.7 Å². The monoisotopic (exact) mass is 583 g/mol. The number of hydrazone groups is 1. The molecule has 6 nitrogen and oxygen atoms in total. The first-order valence-corrected chi connectivity index (χ1v) is 11.3. The molecule has 0 spiro atoms. The number of ether oxygens (including phenoxy) is 2. The van der Waals surface area contributed by atoms with Gasteiger partial charge in [-0.15, -0.1) is 0 Å². The lowest BCUT2D eigenvalue weighted by Crippen LogP contribution is -2.25. The average molecular weight is 584 g/mol. The fourth-order valence-corrected chi connectivity index (χ4v) is 3.79. The van der Waals surface area contributed by atoms with Crippen molar-refractivity contribution in [1.82, 2.24) is 5.43 Å². The number of anilines is 1. The molecule has 0 aliphatic rings. The minimum Gasteiger partial charge on any atom is -0.493 e. The molecule has 0 unspecified atom stereocenters. The third kappa shape index (κ3) is 7.01. The van der Waals surface area contributed by atoms with Crippen LogP contribution in [0.25, 0.3) is 0 Å². The van der Waals surface area contributed by atoms with E-state index in [2.05, 4.69) is 38.4 Å². The van der Waals surface area contributed by atoms with E-state index >= 15 is 0 Å². The summed E-state index contributed by atoms with van der Waals surface area (Å²) >= 11 is 14.2. The van der Waals surface area contributed by atoms with Crippen LogP contribution in [0.5, 0.6) is 11.5 Å². The van der Waals surface area contributed by atoms with E-state index in [1.807, 2.05) is 30.3 Å². The van der Waals surface area contributed by atoms with Gasteiger partial charge in [0.25, 0.3) is 5.91 Å². The zero-order valence-electron chi connectivity index (χ0n) is 17.1. The Labute approximate surface area is 210 Å². The van der Waals surface area contributed by atoms with Crippen molar-refractivity contribution in [1.29, 1.82) is 0 Å². The van der Waals surface area contributed by atoms with Gasteiger partial charge in [-0.25, -0.2) is 5.43 Å².